The van der Waals surface area contributed by atoms with Crippen molar-refractivity contribution < 1.29 is 49.2 Å². The molecule has 0 rings (SSSR count). The van der Waals surface area contributed by atoms with Gasteiger partial charge in [-0.1, -0.05) is 61.3 Å². The molecule has 0 aromatic heterocycles. The summed E-state index contributed by atoms with van der Waals surface area (Å²) in [6, 6.07) is -3.79. The van der Waals surface area contributed by atoms with E-state index in [9.17, 15) is 39.0 Å². The van der Waals surface area contributed by atoms with Crippen LogP contribution >= 0.6 is 0 Å². The van der Waals surface area contributed by atoms with Gasteiger partial charge in [0, 0.05) is 19.4 Å². The van der Waals surface area contributed by atoms with Gasteiger partial charge in [-0.05, 0) is 37.0 Å². The fraction of sp³-hybridized carbons (Fsp3) is 0.812. The SMILES string of the molecule is CCC[C@H](NC(=O)[C@@H](NC(=O)CCCC(=O)O)[C@H](C)CC)C(=O)N[C@@H](CC(C)C)[C@@H](O)CC(=O)N[C@H](C(=O)NCC(O)CO)C(C)C. The predicted molar refractivity (Wildman–Crippen MR) is 175 cm³/mol. The highest BCUT2D eigenvalue weighted by molar-refractivity contribution is 5.92. The van der Waals surface area contributed by atoms with Gasteiger partial charge in [0.2, 0.25) is 29.5 Å². The minimum atomic E-state index is -1.33. The molecule has 0 spiro atoms. The standard InChI is InChI=1S/C32H59N5O10/c1-8-11-22(34-32(47)29(20(7)9-2)36-25(41)12-10-13-27(43)44)30(45)35-23(14-18(3)4)24(40)15-26(42)37-28(19(5)6)31(46)33-16-21(39)17-38/h18-24,28-29,38-40H,8-17H2,1-7H3,(H,33,46)(H,34,47)(H,35,45)(H,36,41)(H,37,42)(H,43,44)/t20-,21?,22+,23+,24+,28+,29+/m1/s1. The Kier molecular flexibility index (Phi) is 21.5. The molecule has 0 fully saturated rings. The summed E-state index contributed by atoms with van der Waals surface area (Å²) in [6.45, 7) is 11.9. The van der Waals surface area contributed by atoms with E-state index < -0.39 is 84.9 Å². The number of nitrogens with one attached hydrogen (secondary N) is 5. The van der Waals surface area contributed by atoms with E-state index in [1.54, 1.807) is 20.8 Å². The van der Waals surface area contributed by atoms with Crippen molar-refractivity contribution in [3.8, 4) is 0 Å². The lowest BCUT2D eigenvalue weighted by atomic mass is 9.95. The zero-order valence-corrected chi connectivity index (χ0v) is 29.0. The van der Waals surface area contributed by atoms with Gasteiger partial charge in [0.1, 0.15) is 18.1 Å². The molecule has 272 valence electrons. The van der Waals surface area contributed by atoms with Gasteiger partial charge in [0.25, 0.3) is 0 Å². The number of carboxylic acid groups (broad SMARTS) is 1. The maximum Gasteiger partial charge on any atom is 0.303 e. The van der Waals surface area contributed by atoms with E-state index in [0.717, 1.165) is 0 Å². The number of hydrogen-bond acceptors (Lipinski definition) is 9. The van der Waals surface area contributed by atoms with Crippen molar-refractivity contribution in [2.24, 2.45) is 17.8 Å². The van der Waals surface area contributed by atoms with E-state index in [-0.39, 0.29) is 50.0 Å². The average molecular weight is 674 g/mol. The number of rotatable bonds is 24. The van der Waals surface area contributed by atoms with Crippen LogP contribution in [0.5, 0.6) is 0 Å². The van der Waals surface area contributed by atoms with Gasteiger partial charge in [-0.25, -0.2) is 0 Å². The smallest absolute Gasteiger partial charge is 0.303 e. The number of amides is 5. The molecule has 9 N–H and O–H groups in total. The van der Waals surface area contributed by atoms with E-state index in [4.69, 9.17) is 10.2 Å². The van der Waals surface area contributed by atoms with Gasteiger partial charge in [-0.2, -0.15) is 0 Å². The second-order valence-corrected chi connectivity index (χ2v) is 12.9. The van der Waals surface area contributed by atoms with E-state index >= 15 is 0 Å². The van der Waals surface area contributed by atoms with E-state index in [0.29, 0.717) is 19.3 Å². The first-order chi connectivity index (χ1) is 22.0. The predicted octanol–water partition coefficient (Wildman–Crippen LogP) is -0.0508. The van der Waals surface area contributed by atoms with Crippen molar-refractivity contribution in [1.82, 2.24) is 26.6 Å². The van der Waals surface area contributed by atoms with E-state index in [1.807, 2.05) is 27.7 Å². The first-order valence-electron chi connectivity index (χ1n) is 16.6. The molecule has 1 unspecified atom stereocenters. The number of carbonyl (C=O) groups excluding carboxylic acids is 5. The molecule has 0 aliphatic carbocycles. The minimum Gasteiger partial charge on any atom is -0.481 e. The Hall–Kier alpha value is -3.30. The average Bonchev–Trinajstić information content (AvgIpc) is 2.99. The van der Waals surface area contributed by atoms with Gasteiger partial charge in [0.15, 0.2) is 0 Å². The molecular formula is C32H59N5O10. The normalized spacial score (nSPS) is 15.8. The summed E-state index contributed by atoms with van der Waals surface area (Å²) in [5, 5.41) is 51.6. The van der Waals surface area contributed by atoms with Gasteiger partial charge < -0.3 is 47.0 Å². The molecule has 0 bridgehead atoms. The maximum atomic E-state index is 13.5. The molecule has 0 radical (unpaired) electrons. The van der Waals surface area contributed by atoms with Crippen LogP contribution in [0.2, 0.25) is 0 Å². The van der Waals surface area contributed by atoms with Crippen molar-refractivity contribution in [3.63, 3.8) is 0 Å². The number of aliphatic carboxylic acids is 1. The molecule has 15 nitrogen and oxygen atoms in total. The van der Waals surface area contributed by atoms with Gasteiger partial charge >= 0.3 is 5.97 Å². The third kappa shape index (κ3) is 18.0. The molecule has 0 aliphatic rings. The zero-order valence-electron chi connectivity index (χ0n) is 29.0. The Morgan fingerprint density at radius 2 is 1.36 bits per heavy atom. The van der Waals surface area contributed by atoms with Gasteiger partial charge in [0.05, 0.1) is 31.3 Å². The third-order valence-corrected chi connectivity index (χ3v) is 7.72. The van der Waals surface area contributed by atoms with Crippen LogP contribution in [-0.4, -0.2) is 105 Å². The van der Waals surface area contributed by atoms with E-state index in [2.05, 4.69) is 26.6 Å². The molecule has 5 amide bonds. The van der Waals surface area contributed by atoms with Crippen molar-refractivity contribution in [1.29, 1.82) is 0 Å². The van der Waals surface area contributed by atoms with Gasteiger partial charge in [-0.3, -0.25) is 28.8 Å². The number of aliphatic hydroxyl groups is 3. The van der Waals surface area contributed by atoms with Crippen LogP contribution in [0.15, 0.2) is 0 Å². The zero-order chi connectivity index (χ0) is 36.3. The molecule has 7 atom stereocenters. The van der Waals surface area contributed by atoms with E-state index in [1.165, 1.54) is 0 Å². The summed E-state index contributed by atoms with van der Waals surface area (Å²) in [5.41, 5.74) is 0. The first-order valence-corrected chi connectivity index (χ1v) is 16.6. The Labute approximate surface area is 278 Å². The van der Waals surface area contributed by atoms with Crippen molar-refractivity contribution in [3.05, 3.63) is 0 Å². The fourth-order valence-corrected chi connectivity index (χ4v) is 4.76. The Balaban J connectivity index is 5.65. The summed E-state index contributed by atoms with van der Waals surface area (Å²) in [4.78, 5) is 75.6. The Morgan fingerprint density at radius 1 is 0.745 bits per heavy atom. The molecule has 0 aromatic rings. The Morgan fingerprint density at radius 3 is 1.87 bits per heavy atom. The summed E-state index contributed by atoms with van der Waals surface area (Å²) >= 11 is 0. The second-order valence-electron chi connectivity index (χ2n) is 12.9. The lowest BCUT2D eigenvalue weighted by Crippen LogP contribution is -2.58. The molecular weight excluding hydrogens is 614 g/mol. The van der Waals surface area contributed by atoms with Crippen LogP contribution < -0.4 is 26.6 Å². The summed E-state index contributed by atoms with van der Waals surface area (Å²) in [6.07, 6.45) is -1.39. The third-order valence-electron chi connectivity index (χ3n) is 7.72. The van der Waals surface area contributed by atoms with Crippen LogP contribution in [0.1, 0.15) is 99.8 Å². The number of carbonyl (C=O) groups is 6. The molecule has 0 aromatic carbocycles. The quantitative estimate of drug-likeness (QED) is 0.0661. The highest BCUT2D eigenvalue weighted by Gasteiger charge is 2.33. The first kappa shape index (κ1) is 43.7. The highest BCUT2D eigenvalue weighted by atomic mass is 16.4. The number of aliphatic hydroxyl groups excluding tert-OH is 3. The molecule has 0 saturated heterocycles. The largest absolute Gasteiger partial charge is 0.481 e. The van der Waals surface area contributed by atoms with Crippen LogP contribution in [0.25, 0.3) is 0 Å². The van der Waals surface area contributed by atoms with Crippen molar-refractivity contribution >= 4 is 35.5 Å². The van der Waals surface area contributed by atoms with Crippen LogP contribution in [-0.2, 0) is 28.8 Å². The summed E-state index contributed by atoms with van der Waals surface area (Å²) in [5.74, 6) is -4.43. The molecule has 0 saturated carbocycles. The lowest BCUT2D eigenvalue weighted by molar-refractivity contribution is -0.137. The monoisotopic (exact) mass is 673 g/mol. The summed E-state index contributed by atoms with van der Waals surface area (Å²) < 4.78 is 0. The second kappa shape index (κ2) is 23.1. The molecule has 15 heteroatoms. The van der Waals surface area contributed by atoms with Gasteiger partial charge in [-0.15, -0.1) is 0 Å². The number of carboxylic acids is 1. The minimum absolute atomic E-state index is 0.00972. The van der Waals surface area contributed by atoms with Crippen molar-refractivity contribution in [2.75, 3.05) is 13.2 Å². The van der Waals surface area contributed by atoms with Crippen LogP contribution in [0.3, 0.4) is 0 Å². The van der Waals surface area contributed by atoms with Crippen molar-refractivity contribution in [2.45, 2.75) is 136 Å². The number of hydrogen-bond donors (Lipinski definition) is 9. The molecule has 47 heavy (non-hydrogen) atoms. The summed E-state index contributed by atoms with van der Waals surface area (Å²) in [7, 11) is 0. The lowest BCUT2D eigenvalue weighted by Gasteiger charge is -2.30. The maximum absolute atomic E-state index is 13.5. The Bertz CT molecular complexity index is 1010. The molecule has 0 aliphatic heterocycles. The van der Waals surface area contributed by atoms with Crippen LogP contribution in [0, 0.1) is 17.8 Å². The molecule has 0 heterocycles. The fourth-order valence-electron chi connectivity index (χ4n) is 4.76. The topological polar surface area (TPSA) is 243 Å². The highest BCUT2D eigenvalue weighted by Crippen LogP contribution is 2.14. The van der Waals surface area contributed by atoms with Crippen LogP contribution in [0.4, 0.5) is 0 Å².